The first-order valence-corrected chi connectivity index (χ1v) is 7.37. The highest BCUT2D eigenvalue weighted by molar-refractivity contribution is 6.39. The molecule has 3 aromatic rings. The summed E-state index contributed by atoms with van der Waals surface area (Å²) in [4.78, 5) is 31.3. The van der Waals surface area contributed by atoms with Gasteiger partial charge in [-0.15, -0.1) is 0 Å². The van der Waals surface area contributed by atoms with E-state index in [0.29, 0.717) is 17.5 Å². The van der Waals surface area contributed by atoms with E-state index in [1.165, 1.54) is 0 Å². The molecule has 0 aliphatic heterocycles. The molecule has 7 nitrogen and oxygen atoms in total. The average molecular weight is 363 g/mol. The van der Waals surface area contributed by atoms with Crippen LogP contribution in [0.4, 0.5) is 18.9 Å². The van der Waals surface area contributed by atoms with Crippen LogP contribution in [0.1, 0.15) is 11.3 Å². The quantitative estimate of drug-likeness (QED) is 0.697. The number of rotatable bonds is 3. The second-order valence-corrected chi connectivity index (χ2v) is 5.28. The van der Waals surface area contributed by atoms with Gasteiger partial charge in [-0.1, -0.05) is 0 Å². The molecule has 0 atom stereocenters. The van der Waals surface area contributed by atoms with Gasteiger partial charge in [0.1, 0.15) is 5.65 Å². The average Bonchev–Trinajstić information content (AvgIpc) is 3.07. The summed E-state index contributed by atoms with van der Waals surface area (Å²) >= 11 is 0. The lowest BCUT2D eigenvalue weighted by Gasteiger charge is -2.08. The van der Waals surface area contributed by atoms with E-state index in [2.05, 4.69) is 20.6 Å². The molecule has 0 unspecified atom stereocenters. The molecule has 0 bridgehead atoms. The van der Waals surface area contributed by atoms with Crippen molar-refractivity contribution >= 4 is 23.1 Å². The number of halogens is 3. The maximum absolute atomic E-state index is 12.5. The summed E-state index contributed by atoms with van der Waals surface area (Å²) in [6, 6.07) is 5.17. The molecule has 2 N–H and O–H groups in total. The van der Waals surface area contributed by atoms with Crippen molar-refractivity contribution in [1.29, 1.82) is 0 Å². The predicted octanol–water partition coefficient (Wildman–Crippen LogP) is 2.00. The van der Waals surface area contributed by atoms with Gasteiger partial charge in [-0.25, -0.2) is 4.98 Å². The van der Waals surface area contributed by atoms with Crippen molar-refractivity contribution in [3.05, 3.63) is 60.3 Å². The summed E-state index contributed by atoms with van der Waals surface area (Å²) in [5.74, 6) is -1.84. The van der Waals surface area contributed by atoms with Crippen LogP contribution in [0.5, 0.6) is 0 Å². The largest absolute Gasteiger partial charge is 0.417 e. The Morgan fingerprint density at radius 3 is 2.58 bits per heavy atom. The number of nitrogens with zero attached hydrogens (tertiary/aromatic N) is 3. The van der Waals surface area contributed by atoms with Crippen LogP contribution in [0.2, 0.25) is 0 Å². The Balaban J connectivity index is 1.56. The van der Waals surface area contributed by atoms with Gasteiger partial charge in [-0.05, 0) is 18.2 Å². The minimum atomic E-state index is -4.48. The zero-order valence-corrected chi connectivity index (χ0v) is 13.1. The van der Waals surface area contributed by atoms with Crippen LogP contribution in [-0.2, 0) is 22.3 Å². The highest BCUT2D eigenvalue weighted by Gasteiger charge is 2.30. The molecule has 2 amide bonds. The van der Waals surface area contributed by atoms with Gasteiger partial charge in [0.05, 0.1) is 17.8 Å². The third kappa shape index (κ3) is 3.97. The van der Waals surface area contributed by atoms with E-state index in [4.69, 9.17) is 0 Å². The van der Waals surface area contributed by atoms with Gasteiger partial charge < -0.3 is 15.0 Å². The van der Waals surface area contributed by atoms with Crippen molar-refractivity contribution in [1.82, 2.24) is 19.7 Å². The summed E-state index contributed by atoms with van der Waals surface area (Å²) in [6.45, 7) is -0.177. The zero-order chi connectivity index (χ0) is 18.7. The Labute approximate surface area is 144 Å². The standard InChI is InChI=1S/C16H12F3N5O2/c17-16(18,19)10-1-2-12(21-8-10)9-22-14(25)15(26)23-11-3-5-24-6-4-20-13(24)7-11/h1-8H,9H2,(H,22,25)(H,23,26). The van der Waals surface area contributed by atoms with Crippen LogP contribution in [0.15, 0.2) is 49.1 Å². The smallest absolute Gasteiger partial charge is 0.342 e. The van der Waals surface area contributed by atoms with Crippen LogP contribution in [0, 0.1) is 0 Å². The summed E-state index contributed by atoms with van der Waals surface area (Å²) in [5.41, 5.74) is 0.284. The summed E-state index contributed by atoms with van der Waals surface area (Å²) in [7, 11) is 0. The number of hydrogen-bond acceptors (Lipinski definition) is 4. The Morgan fingerprint density at radius 2 is 1.88 bits per heavy atom. The van der Waals surface area contributed by atoms with Gasteiger partial charge in [-0.3, -0.25) is 14.6 Å². The molecule has 0 spiro atoms. The fourth-order valence-corrected chi connectivity index (χ4v) is 2.12. The second-order valence-electron chi connectivity index (χ2n) is 5.28. The predicted molar refractivity (Wildman–Crippen MR) is 84.9 cm³/mol. The number of imidazole rings is 1. The molecule has 0 aliphatic carbocycles. The first-order valence-electron chi connectivity index (χ1n) is 7.37. The summed E-state index contributed by atoms with van der Waals surface area (Å²) in [6.07, 6.45) is 1.17. The molecule has 0 saturated carbocycles. The van der Waals surface area contributed by atoms with Gasteiger partial charge in [0.2, 0.25) is 0 Å². The van der Waals surface area contributed by atoms with Crippen LogP contribution in [0.25, 0.3) is 5.65 Å². The lowest BCUT2D eigenvalue weighted by molar-refractivity contribution is -0.137. The molecular weight excluding hydrogens is 351 g/mol. The Bertz CT molecular complexity index is 950. The molecule has 0 saturated heterocycles. The van der Waals surface area contributed by atoms with Crippen molar-refractivity contribution in [3.63, 3.8) is 0 Å². The number of pyridine rings is 2. The van der Waals surface area contributed by atoms with E-state index in [0.717, 1.165) is 12.1 Å². The zero-order valence-electron chi connectivity index (χ0n) is 13.1. The van der Waals surface area contributed by atoms with Crippen molar-refractivity contribution < 1.29 is 22.8 Å². The fraction of sp³-hybridized carbons (Fsp3) is 0.125. The number of carbonyl (C=O) groups is 2. The van der Waals surface area contributed by atoms with Crippen molar-refractivity contribution in [2.75, 3.05) is 5.32 Å². The molecule has 26 heavy (non-hydrogen) atoms. The molecule has 10 heteroatoms. The number of nitrogens with one attached hydrogen (secondary N) is 2. The van der Waals surface area contributed by atoms with Gasteiger partial charge in [-0.2, -0.15) is 13.2 Å². The van der Waals surface area contributed by atoms with E-state index < -0.39 is 23.6 Å². The summed E-state index contributed by atoms with van der Waals surface area (Å²) in [5, 5.41) is 4.71. The maximum atomic E-state index is 12.5. The Hall–Kier alpha value is -3.43. The monoisotopic (exact) mass is 363 g/mol. The van der Waals surface area contributed by atoms with Crippen LogP contribution in [0.3, 0.4) is 0 Å². The lowest BCUT2D eigenvalue weighted by Crippen LogP contribution is -2.35. The minimum absolute atomic E-state index is 0.177. The number of fused-ring (bicyclic) bond motifs is 1. The first-order chi connectivity index (χ1) is 12.3. The molecule has 134 valence electrons. The van der Waals surface area contributed by atoms with Crippen LogP contribution >= 0.6 is 0 Å². The topological polar surface area (TPSA) is 88.4 Å². The van der Waals surface area contributed by atoms with Crippen LogP contribution < -0.4 is 10.6 Å². The molecule has 3 rings (SSSR count). The molecule has 3 heterocycles. The maximum Gasteiger partial charge on any atom is 0.417 e. The number of aromatic nitrogens is 3. The number of amides is 2. The van der Waals surface area contributed by atoms with Crippen LogP contribution in [-0.4, -0.2) is 26.2 Å². The number of carbonyl (C=O) groups excluding carboxylic acids is 2. The second kappa shape index (κ2) is 6.82. The number of anilines is 1. The van der Waals surface area contributed by atoms with Gasteiger partial charge in [0, 0.05) is 36.5 Å². The normalized spacial score (nSPS) is 11.3. The third-order valence-corrected chi connectivity index (χ3v) is 3.44. The SMILES string of the molecule is O=C(NCc1ccc(C(F)(F)F)cn1)C(=O)Nc1ccn2ccnc2c1. The van der Waals surface area contributed by atoms with E-state index in [1.54, 1.807) is 35.1 Å². The summed E-state index contributed by atoms with van der Waals surface area (Å²) < 4.78 is 39.1. The van der Waals surface area contributed by atoms with Crippen molar-refractivity contribution in [3.8, 4) is 0 Å². The van der Waals surface area contributed by atoms with Gasteiger partial charge >= 0.3 is 18.0 Å². The number of hydrogen-bond donors (Lipinski definition) is 2. The molecule has 0 aromatic carbocycles. The molecule has 0 radical (unpaired) electrons. The number of alkyl halides is 3. The molecule has 0 aliphatic rings. The van der Waals surface area contributed by atoms with Crippen molar-refractivity contribution in [2.45, 2.75) is 12.7 Å². The molecule has 3 aromatic heterocycles. The fourth-order valence-electron chi connectivity index (χ4n) is 2.12. The van der Waals surface area contributed by atoms with Crippen molar-refractivity contribution in [2.24, 2.45) is 0 Å². The van der Waals surface area contributed by atoms with Gasteiger partial charge in [0.25, 0.3) is 0 Å². The first kappa shape index (κ1) is 17.4. The van der Waals surface area contributed by atoms with E-state index in [9.17, 15) is 22.8 Å². The van der Waals surface area contributed by atoms with E-state index in [-0.39, 0.29) is 12.2 Å². The van der Waals surface area contributed by atoms with E-state index in [1.807, 2.05) is 0 Å². The third-order valence-electron chi connectivity index (χ3n) is 3.44. The Morgan fingerprint density at radius 1 is 1.08 bits per heavy atom. The molecule has 0 fully saturated rings. The minimum Gasteiger partial charge on any atom is -0.342 e. The Kier molecular flexibility index (Phi) is 4.57. The molecular formula is C16H12F3N5O2. The highest BCUT2D eigenvalue weighted by Crippen LogP contribution is 2.28. The van der Waals surface area contributed by atoms with Gasteiger partial charge in [0.15, 0.2) is 0 Å². The van der Waals surface area contributed by atoms with E-state index >= 15 is 0 Å². The lowest BCUT2D eigenvalue weighted by atomic mass is 10.2. The highest BCUT2D eigenvalue weighted by atomic mass is 19.4.